The number of rotatable bonds is 6. The lowest BCUT2D eigenvalue weighted by atomic mass is 10.2. The second-order valence-electron chi connectivity index (χ2n) is 4.32. The number of anilines is 1. The minimum absolute atomic E-state index is 0.107. The number of ether oxygens (including phenoxy) is 1. The number of nitriles is 1. The molecule has 0 heterocycles. The molecule has 1 aromatic carbocycles. The molecule has 0 aromatic heterocycles. The van der Waals surface area contributed by atoms with Crippen LogP contribution in [0.5, 0.6) is 0 Å². The van der Waals surface area contributed by atoms with Gasteiger partial charge in [-0.2, -0.15) is 5.26 Å². The van der Waals surface area contributed by atoms with Crippen LogP contribution >= 0.6 is 11.6 Å². The van der Waals surface area contributed by atoms with Gasteiger partial charge in [0.15, 0.2) is 0 Å². The summed E-state index contributed by atoms with van der Waals surface area (Å²) in [6, 6.07) is 6.90. The molecule has 0 radical (unpaired) electrons. The molecule has 0 aliphatic heterocycles. The van der Waals surface area contributed by atoms with E-state index in [9.17, 15) is 9.59 Å². The van der Waals surface area contributed by atoms with E-state index in [0.717, 1.165) is 0 Å². The highest BCUT2D eigenvalue weighted by atomic mass is 35.5. The van der Waals surface area contributed by atoms with E-state index in [1.807, 2.05) is 0 Å². The van der Waals surface area contributed by atoms with Crippen molar-refractivity contribution in [2.75, 3.05) is 19.0 Å². The molecule has 22 heavy (non-hydrogen) atoms. The molecule has 116 valence electrons. The zero-order valence-corrected chi connectivity index (χ0v) is 13.0. The lowest BCUT2D eigenvalue weighted by Gasteiger charge is -2.09. The average molecular weight is 322 g/mol. The first-order valence-electron chi connectivity index (χ1n) is 6.46. The zero-order valence-electron chi connectivity index (χ0n) is 12.3. The number of nitrogens with one attached hydrogen (secondary N) is 2. The van der Waals surface area contributed by atoms with Crippen molar-refractivity contribution in [3.63, 3.8) is 0 Å². The minimum atomic E-state index is -0.557. The van der Waals surface area contributed by atoms with Crippen molar-refractivity contribution >= 4 is 29.2 Å². The molecule has 0 unspecified atom stereocenters. The van der Waals surface area contributed by atoms with Crippen molar-refractivity contribution in [2.45, 2.75) is 13.3 Å². The molecule has 0 saturated carbocycles. The summed E-state index contributed by atoms with van der Waals surface area (Å²) in [5.41, 5.74) is 1.14. The van der Waals surface area contributed by atoms with Crippen LogP contribution in [0.25, 0.3) is 0 Å². The Bertz CT molecular complexity index is 635. The van der Waals surface area contributed by atoms with Crippen LogP contribution in [0.3, 0.4) is 0 Å². The third-order valence-electron chi connectivity index (χ3n) is 2.83. The monoisotopic (exact) mass is 321 g/mol. The second kappa shape index (κ2) is 8.70. The van der Waals surface area contributed by atoms with E-state index in [-0.39, 0.29) is 24.5 Å². The summed E-state index contributed by atoms with van der Waals surface area (Å²) in [4.78, 5) is 22.9. The molecule has 0 aliphatic carbocycles. The van der Waals surface area contributed by atoms with Crippen molar-refractivity contribution in [3.05, 3.63) is 40.6 Å². The maximum absolute atomic E-state index is 12.0. The minimum Gasteiger partial charge on any atom is -0.469 e. The van der Waals surface area contributed by atoms with E-state index in [1.165, 1.54) is 13.3 Å². The Morgan fingerprint density at radius 1 is 1.45 bits per heavy atom. The number of methoxy groups -OCH3 is 1. The molecule has 0 aliphatic rings. The predicted molar refractivity (Wildman–Crippen MR) is 83.2 cm³/mol. The fourth-order valence-corrected chi connectivity index (χ4v) is 1.71. The summed E-state index contributed by atoms with van der Waals surface area (Å²) in [6.07, 6.45) is 1.40. The first kappa shape index (κ1) is 17.5. The summed E-state index contributed by atoms with van der Waals surface area (Å²) >= 11 is 5.97. The maximum Gasteiger partial charge on any atom is 0.307 e. The number of carbonyl (C=O) groups is 2. The van der Waals surface area contributed by atoms with E-state index >= 15 is 0 Å². The van der Waals surface area contributed by atoms with E-state index in [1.54, 1.807) is 31.2 Å². The van der Waals surface area contributed by atoms with Gasteiger partial charge in [0, 0.05) is 23.5 Å². The van der Waals surface area contributed by atoms with Crippen LogP contribution < -0.4 is 10.6 Å². The van der Waals surface area contributed by atoms with Crippen molar-refractivity contribution in [2.24, 2.45) is 0 Å². The van der Waals surface area contributed by atoms with Gasteiger partial charge < -0.3 is 15.4 Å². The fraction of sp³-hybridized carbons (Fsp3) is 0.267. The van der Waals surface area contributed by atoms with Crippen LogP contribution in [0.4, 0.5) is 5.69 Å². The largest absolute Gasteiger partial charge is 0.469 e. The standard InChI is InChI=1S/C15H16ClN3O3/c1-10-12(16)4-3-5-13(10)19-15(21)11(8-17)9-18-7-6-14(20)22-2/h3-5,9,18H,6-7H2,1-2H3,(H,19,21)/b11-9-. The molecule has 1 amide bonds. The van der Waals surface area contributed by atoms with Crippen LogP contribution in [0.15, 0.2) is 30.0 Å². The molecule has 0 saturated heterocycles. The van der Waals surface area contributed by atoms with E-state index in [2.05, 4.69) is 15.4 Å². The maximum atomic E-state index is 12.0. The van der Waals surface area contributed by atoms with Crippen molar-refractivity contribution in [3.8, 4) is 6.07 Å². The smallest absolute Gasteiger partial charge is 0.307 e. The summed E-state index contributed by atoms with van der Waals surface area (Å²) < 4.78 is 4.48. The van der Waals surface area contributed by atoms with Gasteiger partial charge in [0.2, 0.25) is 0 Å². The van der Waals surface area contributed by atoms with E-state index in [0.29, 0.717) is 16.3 Å². The molecular weight excluding hydrogens is 306 g/mol. The van der Waals surface area contributed by atoms with Gasteiger partial charge in [-0.15, -0.1) is 0 Å². The average Bonchev–Trinajstić information content (AvgIpc) is 2.51. The first-order valence-corrected chi connectivity index (χ1v) is 6.84. The summed E-state index contributed by atoms with van der Waals surface area (Å²) in [6.45, 7) is 2.03. The SMILES string of the molecule is COC(=O)CCN/C=C(/C#N)C(=O)Nc1cccc(Cl)c1C. The van der Waals surface area contributed by atoms with Crippen LogP contribution in [-0.2, 0) is 14.3 Å². The van der Waals surface area contributed by atoms with Gasteiger partial charge in [0.05, 0.1) is 13.5 Å². The Balaban J connectivity index is 2.67. The number of carbonyl (C=O) groups excluding carboxylic acids is 2. The number of hydrogen-bond acceptors (Lipinski definition) is 5. The van der Waals surface area contributed by atoms with E-state index < -0.39 is 5.91 Å². The highest BCUT2D eigenvalue weighted by Gasteiger charge is 2.11. The van der Waals surface area contributed by atoms with Gasteiger partial charge >= 0.3 is 5.97 Å². The third-order valence-corrected chi connectivity index (χ3v) is 3.24. The molecule has 0 spiro atoms. The highest BCUT2D eigenvalue weighted by Crippen LogP contribution is 2.23. The Kier molecular flexibility index (Phi) is 6.93. The second-order valence-corrected chi connectivity index (χ2v) is 4.72. The number of amides is 1. The molecule has 0 atom stereocenters. The lowest BCUT2D eigenvalue weighted by molar-refractivity contribution is -0.140. The van der Waals surface area contributed by atoms with Crippen LogP contribution in [0.1, 0.15) is 12.0 Å². The van der Waals surface area contributed by atoms with Crippen molar-refractivity contribution in [1.82, 2.24) is 5.32 Å². The van der Waals surface area contributed by atoms with Crippen molar-refractivity contribution in [1.29, 1.82) is 5.26 Å². The Labute approximate surface area is 133 Å². The van der Waals surface area contributed by atoms with Gasteiger partial charge in [-0.25, -0.2) is 0 Å². The molecule has 1 aromatic rings. The number of benzene rings is 1. The molecule has 7 heteroatoms. The quantitative estimate of drug-likeness (QED) is 0.362. The van der Waals surface area contributed by atoms with E-state index in [4.69, 9.17) is 16.9 Å². The topological polar surface area (TPSA) is 91.2 Å². The Morgan fingerprint density at radius 2 is 2.18 bits per heavy atom. The van der Waals surface area contributed by atoms with Gasteiger partial charge in [-0.1, -0.05) is 17.7 Å². The first-order chi connectivity index (χ1) is 10.5. The number of esters is 1. The predicted octanol–water partition coefficient (Wildman–Crippen LogP) is 2.15. The summed E-state index contributed by atoms with van der Waals surface area (Å²) in [5.74, 6) is -0.933. The third kappa shape index (κ3) is 5.11. The van der Waals surface area contributed by atoms with Crippen LogP contribution in [0, 0.1) is 18.3 Å². The molecule has 0 bridgehead atoms. The van der Waals surface area contributed by atoms with Gasteiger partial charge in [-0.05, 0) is 24.6 Å². The van der Waals surface area contributed by atoms with Gasteiger partial charge in [0.1, 0.15) is 11.6 Å². The van der Waals surface area contributed by atoms with Crippen molar-refractivity contribution < 1.29 is 14.3 Å². The number of nitrogens with zero attached hydrogens (tertiary/aromatic N) is 1. The summed E-state index contributed by atoms with van der Waals surface area (Å²) in [7, 11) is 1.29. The lowest BCUT2D eigenvalue weighted by Crippen LogP contribution is -2.19. The molecule has 0 fully saturated rings. The molecular formula is C15H16ClN3O3. The Hall–Kier alpha value is -2.52. The zero-order chi connectivity index (χ0) is 16.5. The molecule has 6 nitrogen and oxygen atoms in total. The van der Waals surface area contributed by atoms with Gasteiger partial charge in [0.25, 0.3) is 5.91 Å². The number of halogens is 1. The summed E-state index contributed by atoms with van der Waals surface area (Å²) in [5, 5.41) is 14.9. The normalized spacial score (nSPS) is 10.5. The number of hydrogen-bond donors (Lipinski definition) is 2. The van der Waals surface area contributed by atoms with Crippen LogP contribution in [0.2, 0.25) is 5.02 Å². The van der Waals surface area contributed by atoms with Gasteiger partial charge in [-0.3, -0.25) is 9.59 Å². The Morgan fingerprint density at radius 3 is 2.82 bits per heavy atom. The molecule has 2 N–H and O–H groups in total. The fourth-order valence-electron chi connectivity index (χ4n) is 1.53. The molecule has 1 rings (SSSR count). The highest BCUT2D eigenvalue weighted by molar-refractivity contribution is 6.31. The van der Waals surface area contributed by atoms with Crippen LogP contribution in [-0.4, -0.2) is 25.5 Å².